The zero-order valence-corrected chi connectivity index (χ0v) is 33.1. The Bertz CT molecular complexity index is 869. The Balaban J connectivity index is -0.0000000737. The second-order valence-corrected chi connectivity index (χ2v) is 10.4. The third-order valence-electron chi connectivity index (χ3n) is 4.33. The van der Waals surface area contributed by atoms with Crippen molar-refractivity contribution in [2.24, 2.45) is 0 Å². The monoisotopic (exact) mass is 712 g/mol. The summed E-state index contributed by atoms with van der Waals surface area (Å²) in [6.45, 7) is 20.3. The van der Waals surface area contributed by atoms with E-state index in [0.717, 1.165) is 24.5 Å². The van der Waals surface area contributed by atoms with Crippen molar-refractivity contribution < 1.29 is 35.3 Å². The van der Waals surface area contributed by atoms with Crippen LogP contribution in [0.4, 0.5) is 0 Å². The van der Waals surface area contributed by atoms with Crippen LogP contribution in [0.25, 0.3) is 0 Å². The van der Waals surface area contributed by atoms with Gasteiger partial charge in [-0.15, -0.1) is 0 Å². The minimum atomic E-state index is -3.19. The Morgan fingerprint density at radius 1 is 0.744 bits per heavy atom. The molecule has 3 aromatic carbocycles. The fraction of sp³-hybridized carbons (Fsp3) is 0.457. The summed E-state index contributed by atoms with van der Waals surface area (Å²) in [7, 11) is 1.31. The van der Waals surface area contributed by atoms with Crippen LogP contribution in [-0.2, 0) is 13.8 Å². The number of hydrogen-bond acceptors (Lipinski definition) is 4. The SMILES string of the molecule is CC.CC.CC.CCC(C)c1ccccc1.CCC(O)c1ccccc1.CCC=O.CS(=O)(=O)Cl.[Br-].[Mg+2].[c-]1ccccc1. The Morgan fingerprint density at radius 2 is 1.05 bits per heavy atom. The zero-order chi connectivity index (χ0) is 33.0. The van der Waals surface area contributed by atoms with Gasteiger partial charge in [-0.25, -0.2) is 8.42 Å². The van der Waals surface area contributed by atoms with Crippen molar-refractivity contribution in [1.29, 1.82) is 0 Å². The number of hydrogen-bond donors (Lipinski definition) is 1. The van der Waals surface area contributed by atoms with Crippen molar-refractivity contribution in [3.8, 4) is 0 Å². The molecule has 0 amide bonds. The fourth-order valence-electron chi connectivity index (χ4n) is 2.27. The maximum atomic E-state index is 9.40. The van der Waals surface area contributed by atoms with Crippen LogP contribution < -0.4 is 17.0 Å². The van der Waals surface area contributed by atoms with E-state index in [1.807, 2.05) is 116 Å². The molecule has 3 rings (SSSR count). The van der Waals surface area contributed by atoms with Gasteiger partial charge in [0.25, 0.3) is 0 Å². The van der Waals surface area contributed by atoms with E-state index in [4.69, 9.17) is 0 Å². The first kappa shape index (κ1) is 57.4. The van der Waals surface area contributed by atoms with Gasteiger partial charge in [0.05, 0.1) is 12.4 Å². The first-order valence-electron chi connectivity index (χ1n) is 14.6. The van der Waals surface area contributed by atoms with Crippen LogP contribution in [0, 0.1) is 6.07 Å². The molecular formula is C35H58BrClMgO4S. The predicted octanol–water partition coefficient (Wildman–Crippen LogP) is 7.30. The first-order valence-corrected chi connectivity index (χ1v) is 17.3. The minimum absolute atomic E-state index is 0. The van der Waals surface area contributed by atoms with E-state index in [9.17, 15) is 18.3 Å². The first-order chi connectivity index (χ1) is 19.6. The van der Waals surface area contributed by atoms with Gasteiger partial charge in [-0.1, -0.05) is 130 Å². The van der Waals surface area contributed by atoms with E-state index in [2.05, 4.69) is 60.9 Å². The number of aldehydes is 1. The summed E-state index contributed by atoms with van der Waals surface area (Å²) in [6.07, 6.45) is 4.16. The summed E-state index contributed by atoms with van der Waals surface area (Å²) in [6, 6.07) is 32.8. The standard InChI is InChI=1S/C10H14.C9H12O.C6H5.C3H6O.3C2H6.CH3ClO2S.BrH.Mg/c1-3-9(2)10-7-5-4-6-8-10;1-2-9(10)8-6-4-3-5-7-8;1-2-4-6-5-3-1;1-2-3-4;3*1-2;1-5(2,3)4;;/h4-9H,3H2,1-2H3;3-7,9-10H,2H2,1H3;1-5H;3H,2H2,1H3;3*1-2H3;1H3;1H;/q;;-1;;;;;;;+2/p-1. The van der Waals surface area contributed by atoms with E-state index in [1.54, 1.807) is 0 Å². The van der Waals surface area contributed by atoms with Crippen molar-refractivity contribution in [1.82, 2.24) is 0 Å². The van der Waals surface area contributed by atoms with Crippen molar-refractivity contribution in [2.75, 3.05) is 6.26 Å². The molecule has 0 saturated carbocycles. The van der Waals surface area contributed by atoms with Crippen molar-refractivity contribution >= 4 is 49.1 Å². The molecule has 0 fully saturated rings. The summed E-state index contributed by atoms with van der Waals surface area (Å²) >= 11 is 0. The van der Waals surface area contributed by atoms with Gasteiger partial charge in [-0.05, 0) is 29.9 Å². The quantitative estimate of drug-likeness (QED) is 0.130. The van der Waals surface area contributed by atoms with Crippen molar-refractivity contribution in [3.05, 3.63) is 108 Å². The van der Waals surface area contributed by atoms with Gasteiger partial charge < -0.3 is 26.9 Å². The van der Waals surface area contributed by atoms with Crippen LogP contribution in [0.5, 0.6) is 0 Å². The summed E-state index contributed by atoms with van der Waals surface area (Å²) in [4.78, 5) is 9.17. The van der Waals surface area contributed by atoms with Gasteiger partial charge in [-0.3, -0.25) is 0 Å². The smallest absolute Gasteiger partial charge is 1.00 e. The summed E-state index contributed by atoms with van der Waals surface area (Å²) < 4.78 is 18.8. The number of aliphatic hydroxyl groups is 1. The molecule has 0 spiro atoms. The summed E-state index contributed by atoms with van der Waals surface area (Å²) in [5.74, 6) is 0.709. The predicted molar refractivity (Wildman–Crippen MR) is 189 cm³/mol. The molecule has 43 heavy (non-hydrogen) atoms. The van der Waals surface area contributed by atoms with Gasteiger partial charge in [0.1, 0.15) is 6.29 Å². The largest absolute Gasteiger partial charge is 2.00 e. The van der Waals surface area contributed by atoms with E-state index < -0.39 is 9.05 Å². The van der Waals surface area contributed by atoms with Gasteiger partial charge >= 0.3 is 23.1 Å². The van der Waals surface area contributed by atoms with Gasteiger partial charge in [0, 0.05) is 17.1 Å². The third kappa shape index (κ3) is 53.7. The molecule has 2 atom stereocenters. The van der Waals surface area contributed by atoms with Crippen LogP contribution in [0.3, 0.4) is 0 Å². The Labute approximate surface area is 297 Å². The van der Waals surface area contributed by atoms with Crippen LogP contribution in [0.2, 0.25) is 0 Å². The maximum Gasteiger partial charge on any atom is 2.00 e. The topological polar surface area (TPSA) is 71.4 Å². The third-order valence-corrected chi connectivity index (χ3v) is 4.33. The number of carbonyl (C=O) groups excluding carboxylic acids is 1. The number of benzene rings is 3. The minimum Gasteiger partial charge on any atom is -1.00 e. The molecule has 4 nitrogen and oxygen atoms in total. The van der Waals surface area contributed by atoms with Gasteiger partial charge in [0.2, 0.25) is 9.05 Å². The average molecular weight is 715 g/mol. The van der Waals surface area contributed by atoms with Crippen LogP contribution in [0.15, 0.2) is 91.0 Å². The molecule has 0 aromatic heterocycles. The molecule has 0 aliphatic carbocycles. The summed E-state index contributed by atoms with van der Waals surface area (Å²) in [5.41, 5.74) is 2.45. The molecule has 244 valence electrons. The molecule has 8 heteroatoms. The number of carbonyl (C=O) groups is 1. The van der Waals surface area contributed by atoms with Crippen LogP contribution in [-0.4, -0.2) is 49.1 Å². The fourth-order valence-corrected chi connectivity index (χ4v) is 2.27. The number of rotatable bonds is 5. The molecule has 2 unspecified atom stereocenters. The van der Waals surface area contributed by atoms with E-state index >= 15 is 0 Å². The Morgan fingerprint density at radius 3 is 1.26 bits per heavy atom. The van der Waals surface area contributed by atoms with Crippen LogP contribution >= 0.6 is 10.7 Å². The molecular weight excluding hydrogens is 656 g/mol. The van der Waals surface area contributed by atoms with Crippen molar-refractivity contribution in [2.45, 2.75) is 101 Å². The molecule has 3 aromatic rings. The van der Waals surface area contributed by atoms with E-state index in [1.165, 1.54) is 12.0 Å². The average Bonchev–Trinajstić information content (AvgIpc) is 3.04. The second kappa shape index (κ2) is 47.7. The normalized spacial score (nSPS) is 9.51. The molecule has 0 saturated heterocycles. The molecule has 0 radical (unpaired) electrons. The number of aliphatic hydroxyl groups excluding tert-OH is 1. The zero-order valence-electron chi connectivity index (χ0n) is 28.6. The molecule has 0 bridgehead atoms. The molecule has 0 aliphatic heterocycles. The van der Waals surface area contributed by atoms with E-state index in [-0.39, 0.29) is 46.1 Å². The van der Waals surface area contributed by atoms with Crippen LogP contribution in [0.1, 0.15) is 112 Å². The molecule has 0 aliphatic rings. The molecule has 0 heterocycles. The van der Waals surface area contributed by atoms with Gasteiger partial charge in [-0.2, -0.15) is 36.4 Å². The van der Waals surface area contributed by atoms with Gasteiger partial charge in [0.15, 0.2) is 0 Å². The molecule has 1 N–H and O–H groups in total. The number of halogens is 2. The Kier molecular flexibility index (Phi) is 63.7. The van der Waals surface area contributed by atoms with E-state index in [0.29, 0.717) is 12.3 Å². The maximum absolute atomic E-state index is 9.40. The Hall–Kier alpha value is -1.22. The summed E-state index contributed by atoms with van der Waals surface area (Å²) in [5, 5.41) is 9.33. The second-order valence-electron chi connectivity index (χ2n) is 7.39. The van der Waals surface area contributed by atoms with Crippen molar-refractivity contribution in [3.63, 3.8) is 0 Å².